The third-order valence-corrected chi connectivity index (χ3v) is 4.71. The van der Waals surface area contributed by atoms with Gasteiger partial charge in [-0.15, -0.1) is 0 Å². The Kier molecular flexibility index (Phi) is 6.50. The van der Waals surface area contributed by atoms with Gasteiger partial charge in [-0.05, 0) is 38.3 Å². The molecule has 0 aliphatic carbocycles. The summed E-state index contributed by atoms with van der Waals surface area (Å²) in [5.41, 5.74) is 0. The van der Waals surface area contributed by atoms with Crippen LogP contribution in [0.2, 0.25) is 0 Å². The zero-order chi connectivity index (χ0) is 12.8. The lowest BCUT2D eigenvalue weighted by Crippen LogP contribution is -2.52. The number of rotatable bonds is 6. The second kappa shape index (κ2) is 7.38. The number of hydrogen-bond donors (Lipinski definition) is 1. The average Bonchev–Trinajstić information content (AvgIpc) is 2.33. The highest BCUT2D eigenvalue weighted by molar-refractivity contribution is 4.86. The van der Waals surface area contributed by atoms with E-state index < -0.39 is 0 Å². The molecule has 0 radical (unpaired) electrons. The van der Waals surface area contributed by atoms with Crippen LogP contribution in [-0.2, 0) is 0 Å². The Morgan fingerprint density at radius 1 is 1.24 bits per heavy atom. The molecule has 102 valence electrons. The van der Waals surface area contributed by atoms with Gasteiger partial charge in [-0.1, -0.05) is 40.5 Å². The van der Waals surface area contributed by atoms with Crippen molar-refractivity contribution >= 4 is 0 Å². The van der Waals surface area contributed by atoms with Crippen molar-refractivity contribution in [3.05, 3.63) is 0 Å². The van der Waals surface area contributed by atoms with E-state index in [1.165, 1.54) is 32.4 Å². The number of nitrogens with zero attached hydrogens (tertiary/aromatic N) is 1. The minimum atomic E-state index is 0.741. The first-order valence-corrected chi connectivity index (χ1v) is 7.61. The van der Waals surface area contributed by atoms with E-state index in [9.17, 15) is 0 Å². The topological polar surface area (TPSA) is 15.3 Å². The first-order valence-electron chi connectivity index (χ1n) is 7.61. The van der Waals surface area contributed by atoms with E-state index >= 15 is 0 Å². The van der Waals surface area contributed by atoms with E-state index in [2.05, 4.69) is 44.8 Å². The Balaban J connectivity index is 2.48. The molecule has 0 aromatic carbocycles. The molecule has 1 N–H and O–H groups in total. The van der Waals surface area contributed by atoms with Crippen molar-refractivity contribution in [1.29, 1.82) is 0 Å². The zero-order valence-electron chi connectivity index (χ0n) is 12.5. The largest absolute Gasteiger partial charge is 0.314 e. The van der Waals surface area contributed by atoms with Crippen LogP contribution in [0, 0.1) is 11.8 Å². The summed E-state index contributed by atoms with van der Waals surface area (Å²) in [6, 6.07) is 1.50. The molecule has 3 atom stereocenters. The Bertz CT molecular complexity index is 201. The summed E-state index contributed by atoms with van der Waals surface area (Å²) in [5, 5.41) is 3.62. The molecule has 0 aromatic rings. The summed E-state index contributed by atoms with van der Waals surface area (Å²) in [6.07, 6.45) is 3.96. The smallest absolute Gasteiger partial charge is 0.0117 e. The highest BCUT2D eigenvalue weighted by Gasteiger charge is 2.29. The van der Waals surface area contributed by atoms with Gasteiger partial charge in [0.15, 0.2) is 0 Å². The molecule has 1 aliphatic rings. The maximum absolute atomic E-state index is 3.62. The highest BCUT2D eigenvalue weighted by atomic mass is 15.2. The van der Waals surface area contributed by atoms with E-state index in [1.807, 2.05) is 0 Å². The van der Waals surface area contributed by atoms with Crippen molar-refractivity contribution in [3.63, 3.8) is 0 Å². The van der Waals surface area contributed by atoms with Crippen LogP contribution >= 0.6 is 0 Å². The van der Waals surface area contributed by atoms with Gasteiger partial charge in [0.25, 0.3) is 0 Å². The predicted octanol–water partition coefficient (Wildman–Crippen LogP) is 3.13. The quantitative estimate of drug-likeness (QED) is 0.767. The van der Waals surface area contributed by atoms with Crippen molar-refractivity contribution in [1.82, 2.24) is 10.2 Å². The molecule has 1 aliphatic heterocycles. The fourth-order valence-corrected chi connectivity index (χ4v) is 3.38. The van der Waals surface area contributed by atoms with E-state index in [1.54, 1.807) is 0 Å². The maximum Gasteiger partial charge on any atom is 0.0117 e. The van der Waals surface area contributed by atoms with Gasteiger partial charge in [0.2, 0.25) is 0 Å². The number of piperidine rings is 1. The summed E-state index contributed by atoms with van der Waals surface area (Å²) in [7, 11) is 0. The fourth-order valence-electron chi connectivity index (χ4n) is 3.38. The van der Waals surface area contributed by atoms with Gasteiger partial charge in [-0.3, -0.25) is 0 Å². The minimum absolute atomic E-state index is 0.741. The SMILES string of the molecule is CCNC1CCN(C(C)C(CC)CC)CC1C. The second-order valence-corrected chi connectivity index (χ2v) is 5.74. The Morgan fingerprint density at radius 2 is 1.88 bits per heavy atom. The van der Waals surface area contributed by atoms with Gasteiger partial charge in [-0.2, -0.15) is 0 Å². The fraction of sp³-hybridized carbons (Fsp3) is 1.00. The van der Waals surface area contributed by atoms with Crippen molar-refractivity contribution in [3.8, 4) is 0 Å². The molecule has 0 spiro atoms. The van der Waals surface area contributed by atoms with Crippen molar-refractivity contribution < 1.29 is 0 Å². The van der Waals surface area contributed by atoms with Gasteiger partial charge in [0, 0.05) is 18.6 Å². The third-order valence-electron chi connectivity index (χ3n) is 4.71. The minimum Gasteiger partial charge on any atom is -0.314 e. The Hall–Kier alpha value is -0.0800. The van der Waals surface area contributed by atoms with Crippen molar-refractivity contribution in [2.24, 2.45) is 11.8 Å². The second-order valence-electron chi connectivity index (χ2n) is 5.74. The van der Waals surface area contributed by atoms with Crippen LogP contribution in [0.3, 0.4) is 0 Å². The van der Waals surface area contributed by atoms with Gasteiger partial charge < -0.3 is 10.2 Å². The molecular weight excluding hydrogens is 208 g/mol. The normalized spacial score (nSPS) is 28.6. The lowest BCUT2D eigenvalue weighted by Gasteiger charge is -2.42. The van der Waals surface area contributed by atoms with Crippen LogP contribution in [0.5, 0.6) is 0 Å². The third kappa shape index (κ3) is 3.96. The molecular formula is C15H32N2. The lowest BCUT2D eigenvalue weighted by molar-refractivity contribution is 0.0795. The molecule has 3 unspecified atom stereocenters. The molecule has 0 saturated carbocycles. The van der Waals surface area contributed by atoms with E-state index in [0.717, 1.165) is 30.5 Å². The summed E-state index contributed by atoms with van der Waals surface area (Å²) in [4.78, 5) is 2.72. The van der Waals surface area contributed by atoms with Crippen LogP contribution in [0.4, 0.5) is 0 Å². The van der Waals surface area contributed by atoms with Gasteiger partial charge in [0.05, 0.1) is 0 Å². The molecule has 17 heavy (non-hydrogen) atoms. The van der Waals surface area contributed by atoms with Gasteiger partial charge >= 0.3 is 0 Å². The molecule has 1 heterocycles. The summed E-state index contributed by atoms with van der Waals surface area (Å²) in [6.45, 7) is 15.4. The standard InChI is InChI=1S/C15H32N2/c1-6-14(7-2)13(5)17-10-9-15(16-8-3)12(4)11-17/h12-16H,6-11H2,1-5H3. The van der Waals surface area contributed by atoms with Crippen molar-refractivity contribution in [2.45, 2.75) is 66.0 Å². The monoisotopic (exact) mass is 240 g/mol. The average molecular weight is 240 g/mol. The molecule has 2 heteroatoms. The first-order chi connectivity index (χ1) is 8.13. The molecule has 0 amide bonds. The number of hydrogen-bond acceptors (Lipinski definition) is 2. The van der Waals surface area contributed by atoms with E-state index in [-0.39, 0.29) is 0 Å². The summed E-state index contributed by atoms with van der Waals surface area (Å²) in [5.74, 6) is 1.67. The number of likely N-dealkylation sites (tertiary alicyclic amines) is 1. The zero-order valence-corrected chi connectivity index (χ0v) is 12.5. The predicted molar refractivity (Wildman–Crippen MR) is 76.4 cm³/mol. The number of nitrogens with one attached hydrogen (secondary N) is 1. The molecule has 1 saturated heterocycles. The van der Waals surface area contributed by atoms with Crippen LogP contribution in [0.15, 0.2) is 0 Å². The van der Waals surface area contributed by atoms with Crippen LogP contribution in [0.1, 0.15) is 53.9 Å². The van der Waals surface area contributed by atoms with Crippen LogP contribution in [0.25, 0.3) is 0 Å². The van der Waals surface area contributed by atoms with E-state index in [0.29, 0.717) is 0 Å². The van der Waals surface area contributed by atoms with Crippen molar-refractivity contribution in [2.75, 3.05) is 19.6 Å². The van der Waals surface area contributed by atoms with E-state index in [4.69, 9.17) is 0 Å². The van der Waals surface area contributed by atoms with Gasteiger partial charge in [-0.25, -0.2) is 0 Å². The lowest BCUT2D eigenvalue weighted by atomic mass is 9.88. The molecule has 1 rings (SSSR count). The molecule has 2 nitrogen and oxygen atoms in total. The van der Waals surface area contributed by atoms with Crippen LogP contribution in [-0.4, -0.2) is 36.6 Å². The first kappa shape index (κ1) is 15.0. The molecule has 0 aromatic heterocycles. The summed E-state index contributed by atoms with van der Waals surface area (Å²) < 4.78 is 0. The Labute approximate surface area is 108 Å². The van der Waals surface area contributed by atoms with Crippen LogP contribution < -0.4 is 5.32 Å². The highest BCUT2D eigenvalue weighted by Crippen LogP contribution is 2.24. The summed E-state index contributed by atoms with van der Waals surface area (Å²) >= 11 is 0. The maximum atomic E-state index is 3.62. The Morgan fingerprint density at radius 3 is 2.35 bits per heavy atom. The molecule has 1 fully saturated rings. The van der Waals surface area contributed by atoms with Gasteiger partial charge in [0.1, 0.15) is 0 Å². The molecule has 0 bridgehead atoms.